The zero-order chi connectivity index (χ0) is 13.2. The molecule has 0 bridgehead atoms. The van der Waals surface area contributed by atoms with Gasteiger partial charge in [-0.1, -0.05) is 41.9 Å². The van der Waals surface area contributed by atoms with E-state index in [-0.39, 0.29) is 0 Å². The summed E-state index contributed by atoms with van der Waals surface area (Å²) in [6.45, 7) is 1.98. The molecule has 0 atom stereocenters. The Balaban J connectivity index is 2.11. The molecule has 3 rings (SSSR count). The highest BCUT2D eigenvalue weighted by molar-refractivity contribution is 6.29. The lowest BCUT2D eigenvalue weighted by Gasteiger charge is -2.05. The summed E-state index contributed by atoms with van der Waals surface area (Å²) in [6, 6.07) is 11.4. The molecule has 94 valence electrons. The van der Waals surface area contributed by atoms with Gasteiger partial charge in [0.2, 0.25) is 0 Å². The van der Waals surface area contributed by atoms with Gasteiger partial charge in [0.15, 0.2) is 11.6 Å². The fourth-order valence-corrected chi connectivity index (χ4v) is 1.96. The molecular weight excluding hydrogens is 260 g/mol. The predicted octanol–water partition coefficient (Wildman–Crippen LogP) is 3.29. The van der Waals surface area contributed by atoms with Crippen LogP contribution in [0.1, 0.15) is 5.56 Å². The van der Waals surface area contributed by atoms with Crippen LogP contribution in [-0.4, -0.2) is 19.7 Å². The van der Waals surface area contributed by atoms with E-state index in [9.17, 15) is 0 Å². The zero-order valence-electron chi connectivity index (χ0n) is 10.3. The van der Waals surface area contributed by atoms with E-state index in [0.717, 1.165) is 11.1 Å². The molecule has 5 heteroatoms. The van der Waals surface area contributed by atoms with Crippen molar-refractivity contribution in [2.24, 2.45) is 0 Å². The number of benzene rings is 1. The molecule has 0 saturated carbocycles. The third kappa shape index (κ3) is 2.48. The first kappa shape index (κ1) is 11.9. The van der Waals surface area contributed by atoms with Gasteiger partial charge in [-0.25, -0.2) is 14.6 Å². The Labute approximate surface area is 115 Å². The molecule has 1 aromatic carbocycles. The van der Waals surface area contributed by atoms with Gasteiger partial charge in [0.05, 0.1) is 6.20 Å². The van der Waals surface area contributed by atoms with Crippen molar-refractivity contribution in [1.82, 2.24) is 19.7 Å². The topological polar surface area (TPSA) is 43.6 Å². The van der Waals surface area contributed by atoms with Gasteiger partial charge >= 0.3 is 0 Å². The predicted molar refractivity (Wildman–Crippen MR) is 74.3 cm³/mol. The second kappa shape index (κ2) is 4.82. The van der Waals surface area contributed by atoms with Crippen LogP contribution in [0.4, 0.5) is 0 Å². The van der Waals surface area contributed by atoms with Crippen molar-refractivity contribution in [2.75, 3.05) is 0 Å². The minimum atomic E-state index is 0.400. The average molecular weight is 271 g/mol. The highest BCUT2D eigenvalue weighted by Gasteiger charge is 2.07. The second-order valence-electron chi connectivity index (χ2n) is 4.20. The van der Waals surface area contributed by atoms with Crippen LogP contribution in [0.15, 0.2) is 48.8 Å². The van der Waals surface area contributed by atoms with Gasteiger partial charge in [-0.05, 0) is 12.5 Å². The summed E-state index contributed by atoms with van der Waals surface area (Å²) < 4.78 is 1.69. The molecule has 2 aromatic heterocycles. The number of rotatable bonds is 2. The monoisotopic (exact) mass is 270 g/mol. The van der Waals surface area contributed by atoms with Crippen molar-refractivity contribution >= 4 is 11.6 Å². The number of halogens is 1. The molecule has 2 heterocycles. The Morgan fingerprint density at radius 3 is 2.58 bits per heavy atom. The van der Waals surface area contributed by atoms with Crippen molar-refractivity contribution in [1.29, 1.82) is 0 Å². The normalized spacial score (nSPS) is 10.6. The second-order valence-corrected chi connectivity index (χ2v) is 4.59. The van der Waals surface area contributed by atoms with E-state index in [1.54, 1.807) is 16.9 Å². The third-order valence-corrected chi connectivity index (χ3v) is 2.85. The number of hydrogen-bond donors (Lipinski definition) is 0. The average Bonchev–Trinajstić information content (AvgIpc) is 2.86. The fourth-order valence-electron chi connectivity index (χ4n) is 1.78. The maximum Gasteiger partial charge on any atom is 0.163 e. The highest BCUT2D eigenvalue weighted by Crippen LogP contribution is 2.19. The molecule has 0 amide bonds. The van der Waals surface area contributed by atoms with Gasteiger partial charge in [-0.15, -0.1) is 0 Å². The van der Waals surface area contributed by atoms with Crippen LogP contribution in [0.5, 0.6) is 0 Å². The fraction of sp³-hybridized carbons (Fsp3) is 0.0714. The van der Waals surface area contributed by atoms with Gasteiger partial charge in [0, 0.05) is 17.8 Å². The van der Waals surface area contributed by atoms with Gasteiger partial charge in [0.1, 0.15) is 5.15 Å². The van der Waals surface area contributed by atoms with E-state index in [2.05, 4.69) is 15.1 Å². The van der Waals surface area contributed by atoms with Crippen LogP contribution in [0, 0.1) is 6.92 Å². The van der Waals surface area contributed by atoms with Gasteiger partial charge in [-0.3, -0.25) is 0 Å². The Kier molecular flexibility index (Phi) is 3.01. The maximum atomic E-state index is 6.06. The van der Waals surface area contributed by atoms with Gasteiger partial charge in [0.25, 0.3) is 0 Å². The number of nitrogens with zero attached hydrogens (tertiary/aromatic N) is 4. The first-order valence-electron chi connectivity index (χ1n) is 5.84. The Morgan fingerprint density at radius 2 is 1.89 bits per heavy atom. The van der Waals surface area contributed by atoms with E-state index < -0.39 is 0 Å². The molecule has 0 aliphatic heterocycles. The van der Waals surface area contributed by atoms with E-state index in [1.807, 2.05) is 43.5 Å². The van der Waals surface area contributed by atoms with Crippen molar-refractivity contribution in [2.45, 2.75) is 6.92 Å². The zero-order valence-corrected chi connectivity index (χ0v) is 11.0. The lowest BCUT2D eigenvalue weighted by Crippen LogP contribution is -2.01. The summed E-state index contributed by atoms with van der Waals surface area (Å²) in [7, 11) is 0. The molecule has 4 nitrogen and oxygen atoms in total. The largest absolute Gasteiger partial charge is 0.222 e. The Morgan fingerprint density at radius 1 is 1.11 bits per heavy atom. The molecule has 0 saturated heterocycles. The van der Waals surface area contributed by atoms with Crippen LogP contribution in [0.3, 0.4) is 0 Å². The lowest BCUT2D eigenvalue weighted by atomic mass is 10.2. The highest BCUT2D eigenvalue weighted by atomic mass is 35.5. The molecule has 0 spiro atoms. The Hall–Kier alpha value is -2.20. The van der Waals surface area contributed by atoms with Crippen LogP contribution in [0.2, 0.25) is 5.15 Å². The van der Waals surface area contributed by atoms with E-state index in [0.29, 0.717) is 16.8 Å². The molecule has 19 heavy (non-hydrogen) atoms. The van der Waals surface area contributed by atoms with Gasteiger partial charge < -0.3 is 0 Å². The van der Waals surface area contributed by atoms with Crippen LogP contribution in [-0.2, 0) is 0 Å². The van der Waals surface area contributed by atoms with E-state index >= 15 is 0 Å². The van der Waals surface area contributed by atoms with Crippen LogP contribution in [0.25, 0.3) is 17.2 Å². The summed E-state index contributed by atoms with van der Waals surface area (Å²) >= 11 is 6.06. The van der Waals surface area contributed by atoms with E-state index in [4.69, 9.17) is 11.6 Å². The molecular formula is C14H11ClN4. The van der Waals surface area contributed by atoms with E-state index in [1.165, 1.54) is 0 Å². The standard InChI is InChI=1S/C14H11ClN4/c1-10-8-16-19(9-10)13-7-12(15)17-14(18-13)11-5-3-2-4-6-11/h2-9H,1H3. The summed E-state index contributed by atoms with van der Waals surface area (Å²) in [4.78, 5) is 8.74. The summed E-state index contributed by atoms with van der Waals surface area (Å²) in [6.07, 6.45) is 3.67. The number of hydrogen-bond acceptors (Lipinski definition) is 3. The molecule has 0 unspecified atom stereocenters. The maximum absolute atomic E-state index is 6.06. The third-order valence-electron chi connectivity index (χ3n) is 2.66. The minimum Gasteiger partial charge on any atom is -0.222 e. The van der Waals surface area contributed by atoms with Crippen LogP contribution < -0.4 is 0 Å². The van der Waals surface area contributed by atoms with Crippen LogP contribution >= 0.6 is 11.6 Å². The molecule has 0 fully saturated rings. The van der Waals surface area contributed by atoms with Crippen molar-refractivity contribution in [3.05, 3.63) is 59.5 Å². The minimum absolute atomic E-state index is 0.400. The van der Waals surface area contributed by atoms with Crippen molar-refractivity contribution in [3.8, 4) is 17.2 Å². The van der Waals surface area contributed by atoms with Crippen molar-refractivity contribution in [3.63, 3.8) is 0 Å². The number of aryl methyl sites for hydroxylation is 1. The lowest BCUT2D eigenvalue weighted by molar-refractivity contribution is 0.841. The molecule has 0 aliphatic rings. The SMILES string of the molecule is Cc1cnn(-c2cc(Cl)nc(-c3ccccc3)n2)c1. The smallest absolute Gasteiger partial charge is 0.163 e. The molecule has 3 aromatic rings. The van der Waals surface area contributed by atoms with Gasteiger partial charge in [-0.2, -0.15) is 5.10 Å². The molecule has 0 aliphatic carbocycles. The first-order chi connectivity index (χ1) is 9.22. The summed E-state index contributed by atoms with van der Waals surface area (Å²) in [5.74, 6) is 1.25. The van der Waals surface area contributed by atoms with Crippen molar-refractivity contribution < 1.29 is 0 Å². The first-order valence-corrected chi connectivity index (χ1v) is 6.22. The quantitative estimate of drug-likeness (QED) is 0.671. The summed E-state index contributed by atoms with van der Waals surface area (Å²) in [5, 5.41) is 4.63. The molecule has 0 radical (unpaired) electrons. The number of aromatic nitrogens is 4. The summed E-state index contributed by atoms with van der Waals surface area (Å²) in [5.41, 5.74) is 1.99. The molecule has 0 N–H and O–H groups in total. The Bertz CT molecular complexity index is 706.